The molecule has 2 aromatic carbocycles. The van der Waals surface area contributed by atoms with Crippen molar-refractivity contribution in [1.82, 2.24) is 9.80 Å². The number of methoxy groups -OCH3 is 1. The monoisotopic (exact) mass is 388 g/mol. The Morgan fingerprint density at radius 1 is 1.08 bits per heavy atom. The summed E-state index contributed by atoms with van der Waals surface area (Å²) in [6.45, 7) is 4.16. The molecule has 0 unspecified atom stereocenters. The van der Waals surface area contributed by atoms with Crippen molar-refractivity contribution >= 4 is 21.8 Å². The molecule has 0 N–H and O–H groups in total. The molecule has 1 fully saturated rings. The Morgan fingerprint density at radius 3 is 2.54 bits per heavy atom. The van der Waals surface area contributed by atoms with Crippen LogP contribution in [0.5, 0.6) is 5.75 Å². The van der Waals surface area contributed by atoms with Crippen molar-refractivity contribution in [2.45, 2.75) is 6.54 Å². The number of carbonyl (C=O) groups is 1. The quantitative estimate of drug-likeness (QED) is 0.804. The van der Waals surface area contributed by atoms with Gasteiger partial charge in [-0.05, 0) is 29.8 Å². The van der Waals surface area contributed by atoms with Crippen LogP contribution >= 0.6 is 15.9 Å². The normalized spacial score (nSPS) is 15.3. The van der Waals surface area contributed by atoms with E-state index >= 15 is 0 Å². The van der Waals surface area contributed by atoms with Gasteiger partial charge in [0.05, 0.1) is 12.7 Å². The van der Waals surface area contributed by atoms with Gasteiger partial charge in [-0.1, -0.05) is 40.2 Å². The summed E-state index contributed by atoms with van der Waals surface area (Å²) >= 11 is 3.51. The summed E-state index contributed by atoms with van der Waals surface area (Å²) in [6, 6.07) is 15.8. The SMILES string of the molecule is COc1ccccc1C(=O)N1CCN(Cc2cccc(Br)c2)CC1. The van der Waals surface area contributed by atoms with Gasteiger partial charge in [0, 0.05) is 37.2 Å². The standard InChI is InChI=1S/C19H21BrN2O2/c1-24-18-8-3-2-7-17(18)19(23)22-11-9-21(10-12-22)14-15-5-4-6-16(20)13-15/h2-8,13H,9-12,14H2,1H3. The van der Waals surface area contributed by atoms with Crippen molar-refractivity contribution in [2.75, 3.05) is 33.3 Å². The summed E-state index contributed by atoms with van der Waals surface area (Å²) in [6.07, 6.45) is 0. The van der Waals surface area contributed by atoms with Crippen LogP contribution in [0.4, 0.5) is 0 Å². The Balaban J connectivity index is 1.59. The third-order valence-corrected chi connectivity index (χ3v) is 4.79. The lowest BCUT2D eigenvalue weighted by atomic mass is 10.1. The molecule has 5 heteroatoms. The fourth-order valence-corrected chi connectivity index (χ4v) is 3.44. The smallest absolute Gasteiger partial charge is 0.257 e. The number of nitrogens with zero attached hydrogens (tertiary/aromatic N) is 2. The van der Waals surface area contributed by atoms with Crippen LogP contribution in [0.3, 0.4) is 0 Å². The van der Waals surface area contributed by atoms with Crippen LogP contribution < -0.4 is 4.74 Å². The van der Waals surface area contributed by atoms with Crippen LogP contribution in [0, 0.1) is 0 Å². The van der Waals surface area contributed by atoms with Crippen LogP contribution in [0.1, 0.15) is 15.9 Å². The minimum absolute atomic E-state index is 0.0505. The third kappa shape index (κ3) is 3.97. The van der Waals surface area contributed by atoms with Gasteiger partial charge in [0.1, 0.15) is 5.75 Å². The van der Waals surface area contributed by atoms with Crippen molar-refractivity contribution in [3.05, 3.63) is 64.1 Å². The van der Waals surface area contributed by atoms with Gasteiger partial charge in [0.2, 0.25) is 0 Å². The summed E-state index contributed by atoms with van der Waals surface area (Å²) in [5, 5.41) is 0. The molecule has 0 radical (unpaired) electrons. The molecule has 24 heavy (non-hydrogen) atoms. The molecule has 0 bridgehead atoms. The van der Waals surface area contributed by atoms with Gasteiger partial charge in [-0.25, -0.2) is 0 Å². The molecule has 1 aliphatic heterocycles. The summed E-state index contributed by atoms with van der Waals surface area (Å²) in [5.74, 6) is 0.689. The van der Waals surface area contributed by atoms with Gasteiger partial charge in [-0.15, -0.1) is 0 Å². The first-order valence-electron chi connectivity index (χ1n) is 8.06. The molecule has 3 rings (SSSR count). The molecule has 0 aliphatic carbocycles. The number of para-hydroxylation sites is 1. The molecule has 1 saturated heterocycles. The zero-order chi connectivity index (χ0) is 16.9. The molecule has 0 spiro atoms. The predicted molar refractivity (Wildman–Crippen MR) is 98.3 cm³/mol. The molecule has 1 amide bonds. The molecule has 0 aromatic heterocycles. The lowest BCUT2D eigenvalue weighted by molar-refractivity contribution is 0.0625. The number of ether oxygens (including phenoxy) is 1. The number of rotatable bonds is 4. The van der Waals surface area contributed by atoms with Crippen molar-refractivity contribution in [3.8, 4) is 5.75 Å². The molecule has 126 valence electrons. The van der Waals surface area contributed by atoms with Crippen LogP contribution in [0.2, 0.25) is 0 Å². The maximum absolute atomic E-state index is 12.7. The molecule has 2 aromatic rings. The fraction of sp³-hybridized carbons (Fsp3) is 0.316. The minimum Gasteiger partial charge on any atom is -0.496 e. The summed E-state index contributed by atoms with van der Waals surface area (Å²) in [7, 11) is 1.60. The van der Waals surface area contributed by atoms with Crippen molar-refractivity contribution in [1.29, 1.82) is 0 Å². The Hall–Kier alpha value is -1.85. The Morgan fingerprint density at radius 2 is 1.83 bits per heavy atom. The highest BCUT2D eigenvalue weighted by atomic mass is 79.9. The number of carbonyl (C=O) groups excluding carboxylic acids is 1. The number of amides is 1. The van der Waals surface area contributed by atoms with E-state index in [-0.39, 0.29) is 5.91 Å². The summed E-state index contributed by atoms with van der Waals surface area (Å²) in [5.41, 5.74) is 1.93. The van der Waals surface area contributed by atoms with E-state index in [1.54, 1.807) is 7.11 Å². The van der Waals surface area contributed by atoms with E-state index in [4.69, 9.17) is 4.74 Å². The van der Waals surface area contributed by atoms with Gasteiger partial charge >= 0.3 is 0 Å². The lowest BCUT2D eigenvalue weighted by Crippen LogP contribution is -2.48. The Kier molecular flexibility index (Phi) is 5.53. The molecular formula is C19H21BrN2O2. The topological polar surface area (TPSA) is 32.8 Å². The van der Waals surface area contributed by atoms with Crippen LogP contribution in [-0.2, 0) is 6.54 Å². The average Bonchev–Trinajstić information content (AvgIpc) is 2.62. The first-order valence-corrected chi connectivity index (χ1v) is 8.86. The van der Waals surface area contributed by atoms with Gasteiger partial charge < -0.3 is 9.64 Å². The molecular weight excluding hydrogens is 368 g/mol. The second kappa shape index (κ2) is 7.81. The molecule has 1 aliphatic rings. The largest absolute Gasteiger partial charge is 0.496 e. The maximum atomic E-state index is 12.7. The minimum atomic E-state index is 0.0505. The van der Waals surface area contributed by atoms with E-state index in [2.05, 4.69) is 39.0 Å². The third-order valence-electron chi connectivity index (χ3n) is 4.29. The van der Waals surface area contributed by atoms with Crippen molar-refractivity contribution in [3.63, 3.8) is 0 Å². The van der Waals surface area contributed by atoms with Crippen LogP contribution in [0.15, 0.2) is 53.0 Å². The molecule has 0 saturated carbocycles. The number of hydrogen-bond donors (Lipinski definition) is 0. The van der Waals surface area contributed by atoms with E-state index in [9.17, 15) is 4.79 Å². The molecule has 0 atom stereocenters. The van der Waals surface area contributed by atoms with E-state index < -0.39 is 0 Å². The van der Waals surface area contributed by atoms with Crippen molar-refractivity contribution < 1.29 is 9.53 Å². The zero-order valence-corrected chi connectivity index (χ0v) is 15.3. The Labute approximate surface area is 151 Å². The number of piperazine rings is 1. The van der Waals surface area contributed by atoms with Crippen LogP contribution in [0.25, 0.3) is 0 Å². The highest BCUT2D eigenvalue weighted by Crippen LogP contribution is 2.20. The first-order chi connectivity index (χ1) is 11.7. The lowest BCUT2D eigenvalue weighted by Gasteiger charge is -2.35. The number of hydrogen-bond acceptors (Lipinski definition) is 3. The second-order valence-electron chi connectivity index (χ2n) is 5.90. The predicted octanol–water partition coefficient (Wildman–Crippen LogP) is 3.42. The van der Waals surface area contributed by atoms with Gasteiger partial charge in [-0.3, -0.25) is 9.69 Å². The van der Waals surface area contributed by atoms with E-state index in [0.717, 1.165) is 37.2 Å². The highest BCUT2D eigenvalue weighted by Gasteiger charge is 2.24. The van der Waals surface area contributed by atoms with E-state index in [1.807, 2.05) is 35.2 Å². The number of benzene rings is 2. The highest BCUT2D eigenvalue weighted by molar-refractivity contribution is 9.10. The zero-order valence-electron chi connectivity index (χ0n) is 13.7. The first kappa shape index (κ1) is 17.0. The summed E-state index contributed by atoms with van der Waals surface area (Å²) < 4.78 is 6.41. The molecule has 4 nitrogen and oxygen atoms in total. The summed E-state index contributed by atoms with van der Waals surface area (Å²) in [4.78, 5) is 17.0. The molecule has 1 heterocycles. The van der Waals surface area contributed by atoms with Gasteiger partial charge in [-0.2, -0.15) is 0 Å². The van der Waals surface area contributed by atoms with Crippen LogP contribution in [-0.4, -0.2) is 49.0 Å². The Bertz CT molecular complexity index is 712. The van der Waals surface area contributed by atoms with E-state index in [0.29, 0.717) is 11.3 Å². The van der Waals surface area contributed by atoms with Crippen molar-refractivity contribution in [2.24, 2.45) is 0 Å². The second-order valence-corrected chi connectivity index (χ2v) is 6.81. The maximum Gasteiger partial charge on any atom is 0.257 e. The fourth-order valence-electron chi connectivity index (χ4n) is 2.99. The van der Waals surface area contributed by atoms with Gasteiger partial charge in [0.25, 0.3) is 5.91 Å². The number of halogens is 1. The van der Waals surface area contributed by atoms with E-state index in [1.165, 1.54) is 5.56 Å². The van der Waals surface area contributed by atoms with Gasteiger partial charge in [0.15, 0.2) is 0 Å². The average molecular weight is 389 g/mol.